The third-order valence-corrected chi connectivity index (χ3v) is 5.47. The van der Waals surface area contributed by atoms with Gasteiger partial charge in [0.15, 0.2) is 5.89 Å². The highest BCUT2D eigenvalue weighted by atomic mass is 16.3. The number of hydrogen-bond acceptors (Lipinski definition) is 6. The van der Waals surface area contributed by atoms with Gasteiger partial charge < -0.3 is 25.1 Å². The van der Waals surface area contributed by atoms with E-state index < -0.39 is 24.9 Å². The van der Waals surface area contributed by atoms with E-state index in [0.29, 0.717) is 11.5 Å². The number of amides is 1. The molecule has 32 heavy (non-hydrogen) atoms. The molecule has 4 N–H and O–H groups in total. The van der Waals surface area contributed by atoms with Crippen LogP contribution in [0, 0.1) is 0 Å². The molecule has 0 fully saturated rings. The maximum absolute atomic E-state index is 11.4. The van der Waals surface area contributed by atoms with E-state index in [2.05, 4.69) is 10.3 Å². The summed E-state index contributed by atoms with van der Waals surface area (Å²) in [5.74, 6) is 0.329. The summed E-state index contributed by atoms with van der Waals surface area (Å²) in [6.07, 6.45) is 3.19. The van der Waals surface area contributed by atoms with Gasteiger partial charge in [-0.1, -0.05) is 54.6 Å². The van der Waals surface area contributed by atoms with Gasteiger partial charge in [0.25, 0.3) is 0 Å². The van der Waals surface area contributed by atoms with Crippen LogP contribution in [0.4, 0.5) is 0 Å². The molecule has 0 aliphatic rings. The Balaban J connectivity index is 1.52. The van der Waals surface area contributed by atoms with E-state index in [9.17, 15) is 20.1 Å². The maximum atomic E-state index is 11.4. The number of carbonyl (C=O) groups is 1. The molecule has 0 saturated heterocycles. The molecule has 1 heterocycles. The van der Waals surface area contributed by atoms with Crippen LogP contribution in [0.5, 0.6) is 0 Å². The number of aliphatic hydroxyl groups is 3. The summed E-state index contributed by atoms with van der Waals surface area (Å²) in [5.41, 5.74) is 2.37. The first-order valence-electron chi connectivity index (χ1n) is 10.7. The van der Waals surface area contributed by atoms with Gasteiger partial charge in [0, 0.05) is 25.3 Å². The molecule has 0 radical (unpaired) electrons. The van der Waals surface area contributed by atoms with E-state index in [1.807, 2.05) is 54.6 Å². The molecule has 0 aliphatic carbocycles. The Kier molecular flexibility index (Phi) is 8.16. The number of oxazole rings is 1. The van der Waals surface area contributed by atoms with E-state index >= 15 is 0 Å². The first kappa shape index (κ1) is 23.7. The zero-order valence-electron chi connectivity index (χ0n) is 18.2. The lowest BCUT2D eigenvalue weighted by Crippen LogP contribution is -2.54. The van der Waals surface area contributed by atoms with Crippen molar-refractivity contribution in [3.8, 4) is 11.3 Å². The molecule has 2 aromatic carbocycles. The van der Waals surface area contributed by atoms with Gasteiger partial charge in [-0.25, -0.2) is 4.98 Å². The van der Waals surface area contributed by atoms with Gasteiger partial charge in [-0.2, -0.15) is 0 Å². The lowest BCUT2D eigenvalue weighted by Gasteiger charge is -2.32. The zero-order chi connectivity index (χ0) is 23.0. The summed E-state index contributed by atoms with van der Waals surface area (Å²) >= 11 is 0. The van der Waals surface area contributed by atoms with E-state index in [0.717, 1.165) is 36.1 Å². The normalized spacial score (nSPS) is 12.5. The number of benzene rings is 2. The quantitative estimate of drug-likeness (QED) is 0.366. The van der Waals surface area contributed by atoms with Gasteiger partial charge in [0.2, 0.25) is 5.91 Å². The molecule has 1 atom stereocenters. The summed E-state index contributed by atoms with van der Waals surface area (Å²) in [5, 5.41) is 32.3. The SMILES string of the molecule is CC(=O)NC(CO)(CO)CC(O)c1ccc(CCCc2nc(-c3ccccc3)co2)cc1. The van der Waals surface area contributed by atoms with Crippen molar-refractivity contribution in [3.05, 3.63) is 77.9 Å². The van der Waals surface area contributed by atoms with Crippen LogP contribution in [0.3, 0.4) is 0 Å². The highest BCUT2D eigenvalue weighted by Gasteiger charge is 2.32. The Labute approximate surface area is 187 Å². The number of nitrogens with one attached hydrogen (secondary N) is 1. The van der Waals surface area contributed by atoms with Crippen molar-refractivity contribution < 1.29 is 24.5 Å². The molecule has 7 nitrogen and oxygen atoms in total. The lowest BCUT2D eigenvalue weighted by molar-refractivity contribution is -0.122. The second-order valence-corrected chi connectivity index (χ2v) is 8.09. The summed E-state index contributed by atoms with van der Waals surface area (Å²) < 4.78 is 5.59. The number of aliphatic hydroxyl groups excluding tert-OH is 3. The average molecular weight is 439 g/mol. The number of nitrogens with zero attached hydrogens (tertiary/aromatic N) is 1. The first-order valence-corrected chi connectivity index (χ1v) is 10.7. The van der Waals surface area contributed by atoms with Crippen molar-refractivity contribution in [1.29, 1.82) is 0 Å². The molecule has 3 rings (SSSR count). The number of rotatable bonds is 11. The summed E-state index contributed by atoms with van der Waals surface area (Å²) in [6, 6.07) is 17.4. The smallest absolute Gasteiger partial charge is 0.217 e. The van der Waals surface area contributed by atoms with Gasteiger partial charge in [-0.3, -0.25) is 4.79 Å². The van der Waals surface area contributed by atoms with Crippen molar-refractivity contribution in [2.75, 3.05) is 13.2 Å². The van der Waals surface area contributed by atoms with E-state index in [1.165, 1.54) is 6.92 Å². The zero-order valence-corrected chi connectivity index (χ0v) is 18.2. The Morgan fingerprint density at radius 1 is 1.06 bits per heavy atom. The molecule has 0 saturated carbocycles. The van der Waals surface area contributed by atoms with Crippen molar-refractivity contribution >= 4 is 5.91 Å². The van der Waals surface area contributed by atoms with Crippen molar-refractivity contribution in [1.82, 2.24) is 10.3 Å². The van der Waals surface area contributed by atoms with Crippen LogP contribution in [-0.4, -0.2) is 45.0 Å². The van der Waals surface area contributed by atoms with Gasteiger partial charge in [-0.05, 0) is 24.0 Å². The second-order valence-electron chi connectivity index (χ2n) is 8.09. The molecule has 1 amide bonds. The lowest BCUT2D eigenvalue weighted by atomic mass is 9.90. The monoisotopic (exact) mass is 438 g/mol. The Morgan fingerprint density at radius 3 is 2.38 bits per heavy atom. The predicted molar refractivity (Wildman–Crippen MR) is 121 cm³/mol. The minimum Gasteiger partial charge on any atom is -0.448 e. The minimum atomic E-state index is -1.27. The summed E-state index contributed by atoms with van der Waals surface area (Å²) in [6.45, 7) is 0.373. The van der Waals surface area contributed by atoms with Crippen molar-refractivity contribution in [3.63, 3.8) is 0 Å². The molecule has 0 aliphatic heterocycles. The fourth-order valence-electron chi connectivity index (χ4n) is 3.69. The largest absolute Gasteiger partial charge is 0.448 e. The summed E-state index contributed by atoms with van der Waals surface area (Å²) in [7, 11) is 0. The van der Waals surface area contributed by atoms with Crippen LogP contribution in [0.1, 0.15) is 42.9 Å². The first-order chi connectivity index (χ1) is 15.4. The molecule has 170 valence electrons. The van der Waals surface area contributed by atoms with E-state index in [4.69, 9.17) is 4.42 Å². The number of hydrogen-bond donors (Lipinski definition) is 4. The molecule has 0 bridgehead atoms. The van der Waals surface area contributed by atoms with Crippen LogP contribution in [0.2, 0.25) is 0 Å². The number of aromatic nitrogens is 1. The molecule has 3 aromatic rings. The van der Waals surface area contributed by atoms with Gasteiger partial charge in [-0.15, -0.1) is 0 Å². The van der Waals surface area contributed by atoms with Crippen molar-refractivity contribution in [2.24, 2.45) is 0 Å². The van der Waals surface area contributed by atoms with E-state index in [1.54, 1.807) is 6.26 Å². The average Bonchev–Trinajstić information content (AvgIpc) is 3.28. The summed E-state index contributed by atoms with van der Waals surface area (Å²) in [4.78, 5) is 15.9. The standard InChI is InChI=1S/C25H30N2O5/c1-18(30)27-25(16-28,17-29)14-23(31)21-12-10-19(11-13-21)6-5-9-24-26-22(15-32-24)20-7-3-2-4-8-20/h2-4,7-8,10-13,15,23,28-29,31H,5-6,9,14,16-17H2,1H3,(H,27,30). The Hall–Kier alpha value is -3.00. The van der Waals surface area contributed by atoms with Crippen LogP contribution in [-0.2, 0) is 17.6 Å². The highest BCUT2D eigenvalue weighted by molar-refractivity contribution is 5.73. The van der Waals surface area contributed by atoms with Crippen LogP contribution in [0.25, 0.3) is 11.3 Å². The molecule has 1 unspecified atom stereocenters. The van der Waals surface area contributed by atoms with Gasteiger partial charge in [0.05, 0.1) is 24.9 Å². The molecule has 7 heteroatoms. The number of carbonyl (C=O) groups excluding carboxylic acids is 1. The number of aryl methyl sites for hydroxylation is 2. The fraction of sp³-hybridized carbons (Fsp3) is 0.360. The van der Waals surface area contributed by atoms with Crippen LogP contribution in [0.15, 0.2) is 65.3 Å². The molecular formula is C25H30N2O5. The highest BCUT2D eigenvalue weighted by Crippen LogP contribution is 2.25. The van der Waals surface area contributed by atoms with Crippen molar-refractivity contribution in [2.45, 2.75) is 44.2 Å². The fourth-order valence-corrected chi connectivity index (χ4v) is 3.69. The maximum Gasteiger partial charge on any atom is 0.217 e. The molecule has 1 aromatic heterocycles. The topological polar surface area (TPSA) is 116 Å². The molecule has 0 spiro atoms. The predicted octanol–water partition coefficient (Wildman–Crippen LogP) is 2.80. The van der Waals surface area contributed by atoms with Crippen LogP contribution >= 0.6 is 0 Å². The molecular weight excluding hydrogens is 408 g/mol. The van der Waals surface area contributed by atoms with E-state index in [-0.39, 0.29) is 12.3 Å². The van der Waals surface area contributed by atoms with Gasteiger partial charge in [0.1, 0.15) is 12.0 Å². The van der Waals surface area contributed by atoms with Crippen LogP contribution < -0.4 is 5.32 Å². The third kappa shape index (κ3) is 6.26. The second kappa shape index (κ2) is 11.0. The Bertz CT molecular complexity index is 981. The van der Waals surface area contributed by atoms with Gasteiger partial charge >= 0.3 is 0 Å². The minimum absolute atomic E-state index is 0.00678. The Morgan fingerprint density at radius 2 is 1.75 bits per heavy atom. The third-order valence-electron chi connectivity index (χ3n) is 5.47.